The van der Waals surface area contributed by atoms with Crippen molar-refractivity contribution in [3.63, 3.8) is 0 Å². The molecule has 22 heavy (non-hydrogen) atoms. The van der Waals surface area contributed by atoms with E-state index in [0.29, 0.717) is 12.0 Å². The van der Waals surface area contributed by atoms with Gasteiger partial charge in [0, 0.05) is 29.9 Å². The van der Waals surface area contributed by atoms with Crippen LogP contribution in [0.5, 0.6) is 0 Å². The van der Waals surface area contributed by atoms with Gasteiger partial charge in [-0.1, -0.05) is 25.3 Å². The summed E-state index contributed by atoms with van der Waals surface area (Å²) in [4.78, 5) is 14.8. The highest BCUT2D eigenvalue weighted by atomic mass is 32.1. The minimum absolute atomic E-state index is 0.286. The summed E-state index contributed by atoms with van der Waals surface area (Å²) in [7, 11) is 0. The van der Waals surface area contributed by atoms with Crippen LogP contribution in [0.3, 0.4) is 0 Å². The van der Waals surface area contributed by atoms with Gasteiger partial charge in [0.25, 0.3) is 0 Å². The van der Waals surface area contributed by atoms with Crippen LogP contribution in [0, 0.1) is 5.92 Å². The number of carbonyl (C=O) groups is 1. The maximum Gasteiger partial charge on any atom is 0.314 e. The van der Waals surface area contributed by atoms with Crippen molar-refractivity contribution in [2.75, 3.05) is 19.6 Å². The summed E-state index contributed by atoms with van der Waals surface area (Å²) < 4.78 is 0. The molecule has 2 fully saturated rings. The van der Waals surface area contributed by atoms with Crippen LogP contribution in [0.25, 0.3) is 0 Å². The molecular formula is C17H27N3OS. The Morgan fingerprint density at radius 2 is 2.14 bits per heavy atom. The Kier molecular flexibility index (Phi) is 5.37. The second kappa shape index (κ2) is 7.47. The molecule has 1 aromatic rings. The topological polar surface area (TPSA) is 58.4 Å². The lowest BCUT2D eigenvalue weighted by Crippen LogP contribution is -2.52. The first-order valence-electron chi connectivity index (χ1n) is 8.53. The molecule has 0 spiro atoms. The molecule has 1 aliphatic carbocycles. The van der Waals surface area contributed by atoms with E-state index in [9.17, 15) is 4.79 Å². The highest BCUT2D eigenvalue weighted by Crippen LogP contribution is 2.30. The quantitative estimate of drug-likeness (QED) is 0.895. The first kappa shape index (κ1) is 15.8. The van der Waals surface area contributed by atoms with Gasteiger partial charge in [-0.2, -0.15) is 0 Å². The summed E-state index contributed by atoms with van der Waals surface area (Å²) in [6.45, 7) is 2.61. The number of likely N-dealkylation sites (tertiary alicyclic amines) is 1. The highest BCUT2D eigenvalue weighted by Gasteiger charge is 2.30. The van der Waals surface area contributed by atoms with Crippen molar-refractivity contribution in [2.45, 2.75) is 50.5 Å². The number of hydrogen-bond donors (Lipinski definition) is 2. The lowest BCUT2D eigenvalue weighted by atomic mass is 9.88. The van der Waals surface area contributed by atoms with Crippen LogP contribution in [0.2, 0.25) is 0 Å². The summed E-state index contributed by atoms with van der Waals surface area (Å²) in [5, 5.41) is 5.84. The van der Waals surface area contributed by atoms with Gasteiger partial charge in [0.2, 0.25) is 0 Å². The second-order valence-electron chi connectivity index (χ2n) is 6.80. The summed E-state index contributed by atoms with van der Waals surface area (Å²) in [5.74, 6) is 1.24. The molecule has 0 aromatic carbocycles. The van der Waals surface area contributed by atoms with Gasteiger partial charge in [0.05, 0.1) is 0 Å². The largest absolute Gasteiger partial charge is 0.351 e. The van der Waals surface area contributed by atoms with Gasteiger partial charge in [-0.3, -0.25) is 0 Å². The van der Waals surface area contributed by atoms with Gasteiger partial charge in [-0.15, -0.1) is 11.3 Å². The Labute approximate surface area is 137 Å². The van der Waals surface area contributed by atoms with Gasteiger partial charge in [0.1, 0.15) is 0 Å². The van der Waals surface area contributed by atoms with E-state index in [1.165, 1.54) is 37.0 Å². The van der Waals surface area contributed by atoms with Crippen molar-refractivity contribution in [3.05, 3.63) is 22.4 Å². The zero-order chi connectivity index (χ0) is 15.4. The number of nitrogens with two attached hydrogens (primary N) is 1. The van der Waals surface area contributed by atoms with Crippen LogP contribution in [-0.4, -0.2) is 36.6 Å². The van der Waals surface area contributed by atoms with Gasteiger partial charge in [-0.05, 0) is 43.2 Å². The Morgan fingerprint density at radius 3 is 2.82 bits per heavy atom. The number of carbonyl (C=O) groups excluding carboxylic acids is 1. The molecule has 0 bridgehead atoms. The molecule has 1 saturated carbocycles. The number of urea groups is 1. The minimum Gasteiger partial charge on any atom is -0.351 e. The van der Waals surface area contributed by atoms with E-state index >= 15 is 0 Å². The zero-order valence-electron chi connectivity index (χ0n) is 13.2. The average Bonchev–Trinajstić information content (AvgIpc) is 3.08. The molecule has 122 valence electrons. The van der Waals surface area contributed by atoms with E-state index in [0.717, 1.165) is 32.0 Å². The number of primary amides is 1. The number of nitrogens with one attached hydrogen (secondary N) is 1. The molecule has 2 heterocycles. The predicted octanol–water partition coefficient (Wildman–Crippen LogP) is 3.15. The Bertz CT molecular complexity index is 470. The van der Waals surface area contributed by atoms with Crippen LogP contribution in [0.4, 0.5) is 4.79 Å². The Hall–Kier alpha value is -1.07. The molecule has 2 unspecified atom stereocenters. The van der Waals surface area contributed by atoms with E-state index in [1.54, 1.807) is 11.3 Å². The first-order valence-corrected chi connectivity index (χ1v) is 9.41. The third kappa shape index (κ3) is 4.02. The molecule has 2 atom stereocenters. The number of thiophene rings is 1. The number of piperidine rings is 1. The lowest BCUT2D eigenvalue weighted by Gasteiger charge is -2.38. The molecule has 1 aliphatic heterocycles. The van der Waals surface area contributed by atoms with Crippen LogP contribution in [0.15, 0.2) is 17.5 Å². The predicted molar refractivity (Wildman–Crippen MR) is 91.2 cm³/mol. The molecular weight excluding hydrogens is 294 g/mol. The molecule has 3 N–H and O–H groups in total. The normalized spacial score (nSPS) is 27.0. The van der Waals surface area contributed by atoms with Crippen molar-refractivity contribution in [1.82, 2.24) is 10.2 Å². The third-order valence-corrected chi connectivity index (χ3v) is 6.16. The molecule has 1 saturated heterocycles. The van der Waals surface area contributed by atoms with Crippen molar-refractivity contribution < 1.29 is 4.79 Å². The lowest BCUT2D eigenvalue weighted by molar-refractivity contribution is 0.169. The van der Waals surface area contributed by atoms with Crippen molar-refractivity contribution in [1.29, 1.82) is 0 Å². The Morgan fingerprint density at radius 1 is 1.32 bits per heavy atom. The van der Waals surface area contributed by atoms with Gasteiger partial charge in [-0.25, -0.2) is 4.79 Å². The molecule has 0 radical (unpaired) electrons. The maximum absolute atomic E-state index is 11.6. The van der Waals surface area contributed by atoms with Crippen molar-refractivity contribution in [2.24, 2.45) is 11.7 Å². The number of nitrogens with zero attached hydrogens (tertiary/aromatic N) is 1. The van der Waals surface area contributed by atoms with E-state index in [4.69, 9.17) is 5.73 Å². The number of rotatable bonds is 4. The fourth-order valence-electron chi connectivity index (χ4n) is 3.88. The van der Waals surface area contributed by atoms with Crippen LogP contribution < -0.4 is 11.1 Å². The van der Waals surface area contributed by atoms with E-state index in [2.05, 4.69) is 22.8 Å². The van der Waals surface area contributed by atoms with Gasteiger partial charge in [0.15, 0.2) is 0 Å². The number of amides is 2. The zero-order valence-corrected chi connectivity index (χ0v) is 14.0. The van der Waals surface area contributed by atoms with Crippen LogP contribution in [0.1, 0.15) is 49.3 Å². The summed E-state index contributed by atoms with van der Waals surface area (Å²) in [6.07, 6.45) is 7.97. The maximum atomic E-state index is 11.6. The summed E-state index contributed by atoms with van der Waals surface area (Å²) in [6, 6.07) is 4.35. The fraction of sp³-hybridized carbons (Fsp3) is 0.706. The SMILES string of the molecule is NC(=O)N1CC(NCC2CCCCC2)CC(c2cccs2)C1. The van der Waals surface area contributed by atoms with Gasteiger partial charge < -0.3 is 16.0 Å². The van der Waals surface area contributed by atoms with Gasteiger partial charge >= 0.3 is 6.03 Å². The summed E-state index contributed by atoms with van der Waals surface area (Å²) >= 11 is 1.78. The molecule has 1 aromatic heterocycles. The standard InChI is InChI=1S/C17H27N3OS/c18-17(21)20-11-14(16-7-4-8-22-16)9-15(12-20)19-10-13-5-2-1-3-6-13/h4,7-8,13-15,19H,1-3,5-6,9-12H2,(H2,18,21). The van der Waals surface area contributed by atoms with Crippen LogP contribution >= 0.6 is 11.3 Å². The molecule has 2 amide bonds. The highest BCUT2D eigenvalue weighted by molar-refractivity contribution is 7.10. The van der Waals surface area contributed by atoms with Crippen molar-refractivity contribution >= 4 is 17.4 Å². The average molecular weight is 321 g/mol. The van der Waals surface area contributed by atoms with E-state index in [-0.39, 0.29) is 6.03 Å². The molecule has 4 nitrogen and oxygen atoms in total. The second-order valence-corrected chi connectivity index (χ2v) is 7.78. The smallest absolute Gasteiger partial charge is 0.314 e. The summed E-state index contributed by atoms with van der Waals surface area (Å²) in [5.41, 5.74) is 5.55. The van der Waals surface area contributed by atoms with E-state index < -0.39 is 0 Å². The minimum atomic E-state index is -0.286. The fourth-order valence-corrected chi connectivity index (χ4v) is 4.72. The Balaban J connectivity index is 1.58. The third-order valence-electron chi connectivity index (χ3n) is 5.13. The van der Waals surface area contributed by atoms with E-state index in [1.807, 2.05) is 4.90 Å². The molecule has 3 rings (SSSR count). The van der Waals surface area contributed by atoms with Crippen LogP contribution in [-0.2, 0) is 0 Å². The molecule has 5 heteroatoms. The molecule has 2 aliphatic rings. The van der Waals surface area contributed by atoms with Crippen molar-refractivity contribution in [3.8, 4) is 0 Å². The monoisotopic (exact) mass is 321 g/mol. The number of hydrogen-bond acceptors (Lipinski definition) is 3. The first-order chi connectivity index (χ1) is 10.7.